The van der Waals surface area contributed by atoms with Gasteiger partial charge in [0.25, 0.3) is 0 Å². The Morgan fingerprint density at radius 3 is 2.59 bits per heavy atom. The van der Waals surface area contributed by atoms with Crippen molar-refractivity contribution in [3.05, 3.63) is 28.8 Å². The van der Waals surface area contributed by atoms with Gasteiger partial charge in [-0.2, -0.15) is 13.2 Å². The van der Waals surface area contributed by atoms with Crippen molar-refractivity contribution in [2.24, 2.45) is 5.92 Å². The van der Waals surface area contributed by atoms with Gasteiger partial charge in [-0.1, -0.05) is 0 Å². The number of aryl methyl sites for hydroxylation is 1. The number of thiazole rings is 1. The van der Waals surface area contributed by atoms with E-state index in [0.717, 1.165) is 23.9 Å². The number of nitrogens with zero attached hydrogens (tertiary/aromatic N) is 5. The largest absolute Gasteiger partial charge is 0.449 e. The Morgan fingerprint density at radius 2 is 1.96 bits per heavy atom. The van der Waals surface area contributed by atoms with E-state index in [1.807, 2.05) is 17.2 Å². The minimum Gasteiger partial charge on any atom is -0.345 e. The molecule has 0 N–H and O–H groups in total. The second kappa shape index (κ2) is 6.81. The van der Waals surface area contributed by atoms with E-state index in [4.69, 9.17) is 0 Å². The van der Waals surface area contributed by atoms with Gasteiger partial charge in [0, 0.05) is 62.3 Å². The molecular weight excluding hydrogens is 379 g/mol. The number of imidazole rings is 1. The number of hydrogen-bond acceptors (Lipinski definition) is 5. The first-order chi connectivity index (χ1) is 12.8. The lowest BCUT2D eigenvalue weighted by molar-refractivity contribution is -0.147. The molecule has 0 aliphatic carbocycles. The van der Waals surface area contributed by atoms with Crippen LogP contribution in [0.15, 0.2) is 11.6 Å². The molecule has 2 aliphatic heterocycles. The first-order valence-corrected chi connectivity index (χ1v) is 9.78. The molecular formula is C17H20F3N5OS. The van der Waals surface area contributed by atoms with Crippen LogP contribution in [0.1, 0.15) is 23.6 Å². The molecule has 146 valence electrons. The smallest absolute Gasteiger partial charge is 0.345 e. The molecule has 0 spiro atoms. The number of hydrogen-bond donors (Lipinski definition) is 0. The summed E-state index contributed by atoms with van der Waals surface area (Å²) in [5.74, 6) is -1.11. The second-order valence-electron chi connectivity index (χ2n) is 7.00. The third kappa shape index (κ3) is 3.54. The van der Waals surface area contributed by atoms with E-state index >= 15 is 0 Å². The van der Waals surface area contributed by atoms with Gasteiger partial charge in [-0.25, -0.2) is 9.97 Å². The Morgan fingerprint density at radius 1 is 1.22 bits per heavy atom. The molecule has 0 aromatic carbocycles. The van der Waals surface area contributed by atoms with Crippen molar-refractivity contribution in [3.63, 3.8) is 0 Å². The zero-order chi connectivity index (χ0) is 19.2. The maximum atomic E-state index is 13.0. The summed E-state index contributed by atoms with van der Waals surface area (Å²) in [6.45, 7) is 4.81. The average molecular weight is 399 g/mol. The molecule has 2 aromatic heterocycles. The van der Waals surface area contributed by atoms with E-state index in [-0.39, 0.29) is 18.4 Å². The van der Waals surface area contributed by atoms with Crippen LogP contribution in [0.3, 0.4) is 0 Å². The Hall–Kier alpha value is -2.10. The highest BCUT2D eigenvalue weighted by Gasteiger charge is 2.40. The van der Waals surface area contributed by atoms with Gasteiger partial charge in [-0.3, -0.25) is 4.79 Å². The van der Waals surface area contributed by atoms with E-state index in [9.17, 15) is 18.0 Å². The second-order valence-corrected chi connectivity index (χ2v) is 7.83. The van der Waals surface area contributed by atoms with E-state index in [1.165, 1.54) is 10.8 Å². The number of carbonyl (C=O) groups is 1. The van der Waals surface area contributed by atoms with Crippen molar-refractivity contribution >= 4 is 22.4 Å². The van der Waals surface area contributed by atoms with Gasteiger partial charge in [-0.05, 0) is 13.3 Å². The summed E-state index contributed by atoms with van der Waals surface area (Å²) < 4.78 is 40.1. The van der Waals surface area contributed by atoms with E-state index in [2.05, 4.69) is 14.9 Å². The number of anilines is 1. The molecule has 27 heavy (non-hydrogen) atoms. The third-order valence-corrected chi connectivity index (χ3v) is 6.19. The van der Waals surface area contributed by atoms with E-state index in [1.54, 1.807) is 11.3 Å². The molecule has 2 aliphatic rings. The zero-order valence-corrected chi connectivity index (χ0v) is 15.7. The summed E-state index contributed by atoms with van der Waals surface area (Å²) in [6, 6.07) is 0. The molecule has 1 saturated heterocycles. The molecule has 4 rings (SSSR count). The van der Waals surface area contributed by atoms with Crippen LogP contribution in [-0.2, 0) is 23.9 Å². The summed E-state index contributed by atoms with van der Waals surface area (Å²) in [7, 11) is 0. The highest BCUT2D eigenvalue weighted by molar-refractivity contribution is 7.13. The fourth-order valence-electron chi connectivity index (χ4n) is 3.76. The van der Waals surface area contributed by atoms with Crippen molar-refractivity contribution in [2.75, 3.05) is 31.1 Å². The lowest BCUT2D eigenvalue weighted by Crippen LogP contribution is -2.51. The van der Waals surface area contributed by atoms with Crippen LogP contribution in [0.25, 0.3) is 0 Å². The molecule has 6 nitrogen and oxygen atoms in total. The van der Waals surface area contributed by atoms with Gasteiger partial charge in [0.2, 0.25) is 11.7 Å². The summed E-state index contributed by atoms with van der Waals surface area (Å²) >= 11 is 1.60. The van der Waals surface area contributed by atoms with Gasteiger partial charge in [0.1, 0.15) is 0 Å². The highest BCUT2D eigenvalue weighted by Crippen LogP contribution is 2.33. The van der Waals surface area contributed by atoms with Crippen molar-refractivity contribution in [1.29, 1.82) is 0 Å². The highest BCUT2D eigenvalue weighted by atomic mass is 32.1. The molecule has 0 radical (unpaired) electrons. The van der Waals surface area contributed by atoms with Gasteiger partial charge >= 0.3 is 6.18 Å². The third-order valence-electron chi connectivity index (χ3n) is 5.17. The summed E-state index contributed by atoms with van der Waals surface area (Å²) in [5.41, 5.74) is 1.48. The van der Waals surface area contributed by atoms with E-state index < -0.39 is 12.0 Å². The van der Waals surface area contributed by atoms with Gasteiger partial charge in [0.05, 0.1) is 5.69 Å². The molecule has 1 atom stereocenters. The Kier molecular flexibility index (Phi) is 4.61. The molecule has 0 saturated carbocycles. The first kappa shape index (κ1) is 18.3. The van der Waals surface area contributed by atoms with Crippen LogP contribution in [-0.4, -0.2) is 51.5 Å². The number of fused-ring (bicyclic) bond motifs is 1. The SMILES string of the molecule is Cc1csc(N2CCN(C(=O)[C@@H]3CCn4c(cnc4C(F)(F)F)C3)CC2)n1. The number of carbonyl (C=O) groups excluding carboxylic acids is 1. The molecule has 0 bridgehead atoms. The number of piperazine rings is 1. The predicted octanol–water partition coefficient (Wildman–Crippen LogP) is 2.58. The molecule has 1 fully saturated rings. The minimum absolute atomic E-state index is 0.0333. The fourth-order valence-corrected chi connectivity index (χ4v) is 4.62. The zero-order valence-electron chi connectivity index (χ0n) is 14.9. The Bertz CT molecular complexity index is 838. The van der Waals surface area contributed by atoms with Crippen LogP contribution >= 0.6 is 11.3 Å². The van der Waals surface area contributed by atoms with Crippen LogP contribution in [0.4, 0.5) is 18.3 Å². The Balaban J connectivity index is 1.38. The Labute approximate surface area is 158 Å². The average Bonchev–Trinajstić information content (AvgIpc) is 3.26. The maximum absolute atomic E-state index is 13.0. The number of halogens is 3. The maximum Gasteiger partial charge on any atom is 0.449 e. The van der Waals surface area contributed by atoms with Gasteiger partial charge < -0.3 is 14.4 Å². The quantitative estimate of drug-likeness (QED) is 0.779. The van der Waals surface area contributed by atoms with Crippen molar-refractivity contribution < 1.29 is 18.0 Å². The predicted molar refractivity (Wildman–Crippen MR) is 94.7 cm³/mol. The minimum atomic E-state index is -4.46. The van der Waals surface area contributed by atoms with Crippen molar-refractivity contribution in [2.45, 2.75) is 32.5 Å². The normalized spacial score (nSPS) is 20.7. The standard InChI is InChI=1S/C17H20F3N5OS/c1-11-10-27-16(22-11)24-6-4-23(5-7-24)14(26)12-2-3-25-13(8-12)9-21-15(25)17(18,19)20/h9-10,12H,2-8H2,1H3/t12-/m1/s1. The van der Waals surface area contributed by atoms with Crippen LogP contribution < -0.4 is 4.90 Å². The topological polar surface area (TPSA) is 54.3 Å². The summed E-state index contributed by atoms with van der Waals surface area (Å²) in [4.78, 5) is 24.9. The molecule has 0 unspecified atom stereocenters. The molecule has 4 heterocycles. The molecule has 2 aromatic rings. The van der Waals surface area contributed by atoms with Crippen LogP contribution in [0.5, 0.6) is 0 Å². The number of aromatic nitrogens is 3. The van der Waals surface area contributed by atoms with E-state index in [0.29, 0.717) is 31.6 Å². The van der Waals surface area contributed by atoms with Gasteiger partial charge in [-0.15, -0.1) is 11.3 Å². The van der Waals surface area contributed by atoms with Crippen molar-refractivity contribution in [1.82, 2.24) is 19.4 Å². The fraction of sp³-hybridized carbons (Fsp3) is 0.588. The summed E-state index contributed by atoms with van der Waals surface area (Å²) in [5, 5.41) is 2.98. The molecule has 1 amide bonds. The summed E-state index contributed by atoms with van der Waals surface area (Å²) in [6.07, 6.45) is -2.48. The number of amides is 1. The van der Waals surface area contributed by atoms with Gasteiger partial charge in [0.15, 0.2) is 5.13 Å². The first-order valence-electron chi connectivity index (χ1n) is 8.90. The van der Waals surface area contributed by atoms with Crippen LogP contribution in [0, 0.1) is 12.8 Å². The lowest BCUT2D eigenvalue weighted by atomic mass is 9.94. The van der Waals surface area contributed by atoms with Crippen LogP contribution in [0.2, 0.25) is 0 Å². The lowest BCUT2D eigenvalue weighted by Gasteiger charge is -2.37. The number of alkyl halides is 3. The molecule has 10 heteroatoms. The monoisotopic (exact) mass is 399 g/mol. The van der Waals surface area contributed by atoms with Crippen molar-refractivity contribution in [3.8, 4) is 0 Å². The number of rotatable bonds is 2.